The van der Waals surface area contributed by atoms with Crippen LogP contribution in [-0.4, -0.2) is 21.0 Å². The SMILES string of the molecule is NC(=O)c1ccc(F)c(C(O)c2c[nH]c3ncc(Nc4ccccc4)cc23)c1F. The smallest absolute Gasteiger partial charge is 0.251 e. The van der Waals surface area contributed by atoms with Crippen LogP contribution in [0.1, 0.15) is 27.6 Å². The molecule has 146 valence electrons. The monoisotopic (exact) mass is 394 g/mol. The first-order chi connectivity index (χ1) is 14.0. The largest absolute Gasteiger partial charge is 0.383 e. The van der Waals surface area contributed by atoms with Gasteiger partial charge in [0.2, 0.25) is 0 Å². The molecule has 8 heteroatoms. The Labute approximate surface area is 164 Å². The molecule has 4 rings (SSSR count). The van der Waals surface area contributed by atoms with Crippen LogP contribution in [0.25, 0.3) is 11.0 Å². The Balaban J connectivity index is 1.77. The molecule has 2 heterocycles. The van der Waals surface area contributed by atoms with Gasteiger partial charge in [0, 0.05) is 22.8 Å². The molecule has 2 aromatic carbocycles. The Morgan fingerprint density at radius 2 is 1.90 bits per heavy atom. The standard InChI is InChI=1S/C21H16F2N4O2/c22-16-7-6-13(20(24)29)18(23)17(16)19(28)15-10-26-21-14(15)8-12(9-25-21)27-11-4-2-1-3-5-11/h1-10,19,27-28H,(H2,24,29)(H,25,26). The second-order valence-electron chi connectivity index (χ2n) is 6.44. The lowest BCUT2D eigenvalue weighted by Gasteiger charge is -2.14. The van der Waals surface area contributed by atoms with Crippen molar-refractivity contribution in [2.75, 3.05) is 5.32 Å². The molecule has 6 nitrogen and oxygen atoms in total. The van der Waals surface area contributed by atoms with Gasteiger partial charge < -0.3 is 21.1 Å². The highest BCUT2D eigenvalue weighted by Gasteiger charge is 2.26. The molecule has 0 aliphatic rings. The highest BCUT2D eigenvalue weighted by Crippen LogP contribution is 2.33. The third-order valence-electron chi connectivity index (χ3n) is 4.59. The molecule has 1 unspecified atom stereocenters. The summed E-state index contributed by atoms with van der Waals surface area (Å²) in [6, 6.07) is 12.9. The van der Waals surface area contributed by atoms with Crippen LogP contribution in [0.4, 0.5) is 20.2 Å². The van der Waals surface area contributed by atoms with Crippen molar-refractivity contribution in [2.45, 2.75) is 6.10 Å². The lowest BCUT2D eigenvalue weighted by atomic mass is 9.98. The van der Waals surface area contributed by atoms with Gasteiger partial charge in [0.1, 0.15) is 23.4 Å². The summed E-state index contributed by atoms with van der Waals surface area (Å²) in [5, 5.41) is 14.4. The zero-order chi connectivity index (χ0) is 20.5. The number of primary amides is 1. The number of rotatable bonds is 5. The van der Waals surface area contributed by atoms with Gasteiger partial charge in [0.05, 0.1) is 23.0 Å². The van der Waals surface area contributed by atoms with Crippen molar-refractivity contribution in [3.8, 4) is 0 Å². The fourth-order valence-electron chi connectivity index (χ4n) is 3.17. The van der Waals surface area contributed by atoms with E-state index in [0.717, 1.165) is 17.8 Å². The number of nitrogens with two attached hydrogens (primary N) is 1. The first-order valence-corrected chi connectivity index (χ1v) is 8.70. The number of para-hydroxylation sites is 1. The number of amides is 1. The number of halogens is 2. The van der Waals surface area contributed by atoms with Crippen molar-refractivity contribution in [3.63, 3.8) is 0 Å². The molecule has 1 amide bonds. The number of nitrogens with zero attached hydrogens (tertiary/aromatic N) is 1. The quantitative estimate of drug-likeness (QED) is 0.414. The van der Waals surface area contributed by atoms with E-state index in [9.17, 15) is 18.7 Å². The van der Waals surface area contributed by atoms with Gasteiger partial charge in [0.25, 0.3) is 5.91 Å². The number of pyridine rings is 1. The molecule has 29 heavy (non-hydrogen) atoms. The average molecular weight is 394 g/mol. The van der Waals surface area contributed by atoms with Gasteiger partial charge in [-0.05, 0) is 30.3 Å². The second kappa shape index (κ2) is 7.33. The van der Waals surface area contributed by atoms with Crippen LogP contribution < -0.4 is 11.1 Å². The van der Waals surface area contributed by atoms with Gasteiger partial charge in [-0.3, -0.25) is 4.79 Å². The summed E-state index contributed by atoms with van der Waals surface area (Å²) < 4.78 is 29.0. The molecule has 5 N–H and O–H groups in total. The van der Waals surface area contributed by atoms with Gasteiger partial charge in [-0.15, -0.1) is 0 Å². The molecule has 0 spiro atoms. The van der Waals surface area contributed by atoms with Crippen LogP contribution in [0.2, 0.25) is 0 Å². The third-order valence-corrected chi connectivity index (χ3v) is 4.59. The maximum atomic E-state index is 14.7. The Hall–Kier alpha value is -3.78. The predicted octanol–water partition coefficient (Wildman–Crippen LogP) is 3.77. The first-order valence-electron chi connectivity index (χ1n) is 8.70. The number of aromatic amines is 1. The maximum absolute atomic E-state index is 14.7. The lowest BCUT2D eigenvalue weighted by molar-refractivity contribution is 0.0995. The molecule has 0 bridgehead atoms. The third kappa shape index (κ3) is 3.41. The highest BCUT2D eigenvalue weighted by atomic mass is 19.1. The van der Waals surface area contributed by atoms with Gasteiger partial charge in [-0.2, -0.15) is 0 Å². The fraction of sp³-hybridized carbons (Fsp3) is 0.0476. The number of carbonyl (C=O) groups excluding carboxylic acids is 1. The molecule has 0 saturated carbocycles. The summed E-state index contributed by atoms with van der Waals surface area (Å²) in [4.78, 5) is 18.5. The number of hydrogen-bond donors (Lipinski definition) is 4. The van der Waals surface area contributed by atoms with E-state index in [4.69, 9.17) is 5.73 Å². The maximum Gasteiger partial charge on any atom is 0.251 e. The number of carbonyl (C=O) groups is 1. The Morgan fingerprint density at radius 1 is 1.14 bits per heavy atom. The minimum atomic E-state index is -1.67. The molecule has 2 aromatic heterocycles. The van der Waals surface area contributed by atoms with Gasteiger partial charge in [-0.25, -0.2) is 13.8 Å². The molecule has 0 fully saturated rings. The minimum Gasteiger partial charge on any atom is -0.383 e. The fourth-order valence-corrected chi connectivity index (χ4v) is 3.17. The van der Waals surface area contributed by atoms with E-state index in [0.29, 0.717) is 16.7 Å². The minimum absolute atomic E-state index is 0.212. The second-order valence-corrected chi connectivity index (χ2v) is 6.44. The van der Waals surface area contributed by atoms with E-state index < -0.39 is 34.8 Å². The van der Waals surface area contributed by atoms with Gasteiger partial charge in [-0.1, -0.05) is 18.2 Å². The van der Waals surface area contributed by atoms with Crippen LogP contribution in [0.3, 0.4) is 0 Å². The first kappa shape index (κ1) is 18.6. The number of fused-ring (bicyclic) bond motifs is 1. The number of H-pyrrole nitrogens is 1. The number of aliphatic hydroxyl groups is 1. The number of aliphatic hydroxyl groups excluding tert-OH is 1. The van der Waals surface area contributed by atoms with Crippen molar-refractivity contribution in [1.82, 2.24) is 9.97 Å². The van der Waals surface area contributed by atoms with E-state index in [1.165, 1.54) is 6.20 Å². The molecular weight excluding hydrogens is 378 g/mol. The molecule has 1 atom stereocenters. The summed E-state index contributed by atoms with van der Waals surface area (Å²) in [5.74, 6) is -3.22. The molecular formula is C21H16F2N4O2. The lowest BCUT2D eigenvalue weighted by Crippen LogP contribution is -2.16. The van der Waals surface area contributed by atoms with Crippen molar-refractivity contribution >= 4 is 28.3 Å². The number of aromatic nitrogens is 2. The topological polar surface area (TPSA) is 104 Å². The summed E-state index contributed by atoms with van der Waals surface area (Å²) in [6.07, 6.45) is 1.35. The van der Waals surface area contributed by atoms with Crippen LogP contribution in [0.15, 0.2) is 60.9 Å². The highest BCUT2D eigenvalue weighted by molar-refractivity contribution is 5.93. The van der Waals surface area contributed by atoms with Crippen LogP contribution in [-0.2, 0) is 0 Å². The van der Waals surface area contributed by atoms with Crippen molar-refractivity contribution in [2.24, 2.45) is 5.73 Å². The van der Waals surface area contributed by atoms with Gasteiger partial charge in [0.15, 0.2) is 0 Å². The van der Waals surface area contributed by atoms with E-state index in [2.05, 4.69) is 15.3 Å². The number of nitrogens with one attached hydrogen (secondary N) is 2. The van der Waals surface area contributed by atoms with Gasteiger partial charge >= 0.3 is 0 Å². The van der Waals surface area contributed by atoms with E-state index in [1.807, 2.05) is 30.3 Å². The molecule has 4 aromatic rings. The zero-order valence-corrected chi connectivity index (χ0v) is 15.0. The Morgan fingerprint density at radius 3 is 2.62 bits per heavy atom. The normalized spacial score (nSPS) is 12.1. The number of anilines is 2. The Bertz CT molecular complexity index is 1210. The molecule has 0 aliphatic carbocycles. The zero-order valence-electron chi connectivity index (χ0n) is 15.0. The Kier molecular flexibility index (Phi) is 4.69. The van der Waals surface area contributed by atoms with Crippen LogP contribution >= 0.6 is 0 Å². The summed E-state index contributed by atoms with van der Waals surface area (Å²) in [5.41, 5.74) is 6.09. The number of hydrogen-bond acceptors (Lipinski definition) is 4. The number of benzene rings is 2. The van der Waals surface area contributed by atoms with E-state index in [1.54, 1.807) is 12.3 Å². The van der Waals surface area contributed by atoms with Crippen LogP contribution in [0.5, 0.6) is 0 Å². The predicted molar refractivity (Wildman–Crippen MR) is 105 cm³/mol. The van der Waals surface area contributed by atoms with Crippen LogP contribution in [0, 0.1) is 11.6 Å². The van der Waals surface area contributed by atoms with E-state index in [-0.39, 0.29) is 5.56 Å². The molecule has 0 saturated heterocycles. The molecule has 0 radical (unpaired) electrons. The summed E-state index contributed by atoms with van der Waals surface area (Å²) >= 11 is 0. The summed E-state index contributed by atoms with van der Waals surface area (Å²) in [6.45, 7) is 0. The van der Waals surface area contributed by atoms with Crippen molar-refractivity contribution in [3.05, 3.63) is 89.2 Å². The van der Waals surface area contributed by atoms with E-state index >= 15 is 0 Å². The molecule has 0 aliphatic heterocycles. The van der Waals surface area contributed by atoms with Crippen molar-refractivity contribution < 1.29 is 18.7 Å². The average Bonchev–Trinajstić information content (AvgIpc) is 3.11. The van der Waals surface area contributed by atoms with Crippen molar-refractivity contribution in [1.29, 1.82) is 0 Å². The summed E-state index contributed by atoms with van der Waals surface area (Å²) in [7, 11) is 0.